The largest absolute Gasteiger partial charge is 0.490 e. The first-order valence-corrected chi connectivity index (χ1v) is 10.4. The first-order valence-electron chi connectivity index (χ1n) is 10.4. The van der Waals surface area contributed by atoms with Crippen LogP contribution in [0.4, 0.5) is 5.82 Å². The molecule has 0 bridgehead atoms. The van der Waals surface area contributed by atoms with Gasteiger partial charge in [-0.3, -0.25) is 14.3 Å². The van der Waals surface area contributed by atoms with Gasteiger partial charge in [0, 0.05) is 31.3 Å². The standard InChI is InChI=1S/C22H23N5O4/c1-13-8-17-18(11-23-22(17)30)25-21(13)26-6-4-15(5-7-26)31-16-2-3-19-14(9-16)10-24-27(19)12-20(28)29/h2-3,8-10,15H,4-7,11-12H2,1H3,(H,23,30)(H,28,29). The van der Waals surface area contributed by atoms with E-state index in [0.717, 1.165) is 59.7 Å². The zero-order chi connectivity index (χ0) is 21.5. The fraction of sp³-hybridized carbons (Fsp3) is 0.364. The van der Waals surface area contributed by atoms with Gasteiger partial charge in [-0.2, -0.15) is 5.10 Å². The number of carboxylic acids is 1. The van der Waals surface area contributed by atoms with Gasteiger partial charge in [-0.1, -0.05) is 0 Å². The number of amides is 1. The van der Waals surface area contributed by atoms with Crippen LogP contribution in [0, 0.1) is 6.92 Å². The van der Waals surface area contributed by atoms with Crippen LogP contribution in [0.15, 0.2) is 30.5 Å². The highest BCUT2D eigenvalue weighted by molar-refractivity contribution is 5.98. The van der Waals surface area contributed by atoms with Gasteiger partial charge in [0.15, 0.2) is 0 Å². The molecule has 31 heavy (non-hydrogen) atoms. The molecule has 0 unspecified atom stereocenters. The average molecular weight is 421 g/mol. The molecule has 5 rings (SSSR count). The third-order valence-corrected chi connectivity index (χ3v) is 5.87. The van der Waals surface area contributed by atoms with Gasteiger partial charge in [0.1, 0.15) is 24.2 Å². The third kappa shape index (κ3) is 3.67. The lowest BCUT2D eigenvalue weighted by Gasteiger charge is -2.34. The fourth-order valence-electron chi connectivity index (χ4n) is 4.32. The Labute approximate surface area is 178 Å². The van der Waals surface area contributed by atoms with Crippen LogP contribution < -0.4 is 15.0 Å². The number of ether oxygens (including phenoxy) is 1. The zero-order valence-electron chi connectivity index (χ0n) is 17.2. The van der Waals surface area contributed by atoms with Crippen molar-refractivity contribution in [2.75, 3.05) is 18.0 Å². The zero-order valence-corrected chi connectivity index (χ0v) is 17.2. The van der Waals surface area contributed by atoms with E-state index < -0.39 is 5.97 Å². The van der Waals surface area contributed by atoms with Gasteiger partial charge in [0.2, 0.25) is 0 Å². The van der Waals surface area contributed by atoms with Gasteiger partial charge in [0.05, 0.1) is 29.5 Å². The van der Waals surface area contributed by atoms with Crippen LogP contribution in [-0.2, 0) is 17.9 Å². The number of carboxylic acid groups (broad SMARTS) is 1. The number of carbonyl (C=O) groups is 2. The fourth-order valence-corrected chi connectivity index (χ4v) is 4.32. The van der Waals surface area contributed by atoms with Gasteiger partial charge in [-0.15, -0.1) is 0 Å². The van der Waals surface area contributed by atoms with Crippen LogP contribution in [0.2, 0.25) is 0 Å². The van der Waals surface area contributed by atoms with E-state index >= 15 is 0 Å². The van der Waals surface area contributed by atoms with Crippen molar-refractivity contribution in [1.82, 2.24) is 20.1 Å². The predicted octanol–water partition coefficient (Wildman–Crippen LogP) is 2.12. The highest BCUT2D eigenvalue weighted by atomic mass is 16.5. The molecule has 9 nitrogen and oxygen atoms in total. The molecule has 0 saturated carbocycles. The molecule has 1 saturated heterocycles. The number of pyridine rings is 1. The Bertz CT molecular complexity index is 1180. The first-order chi connectivity index (χ1) is 15.0. The molecule has 2 aliphatic rings. The number of nitrogens with zero attached hydrogens (tertiary/aromatic N) is 4. The van der Waals surface area contributed by atoms with Crippen LogP contribution in [0.3, 0.4) is 0 Å². The Morgan fingerprint density at radius 2 is 2.10 bits per heavy atom. The summed E-state index contributed by atoms with van der Waals surface area (Å²) >= 11 is 0. The summed E-state index contributed by atoms with van der Waals surface area (Å²) in [5, 5.41) is 16.8. The maximum Gasteiger partial charge on any atom is 0.325 e. The maximum atomic E-state index is 11.8. The van der Waals surface area contributed by atoms with Gasteiger partial charge in [-0.25, -0.2) is 4.98 Å². The van der Waals surface area contributed by atoms with E-state index in [-0.39, 0.29) is 18.6 Å². The molecule has 160 valence electrons. The lowest BCUT2D eigenvalue weighted by atomic mass is 10.1. The molecule has 2 N–H and O–H groups in total. The molecule has 2 aromatic heterocycles. The van der Waals surface area contributed by atoms with Crippen LogP contribution in [0.1, 0.15) is 34.5 Å². The number of aryl methyl sites for hydroxylation is 1. The topological polar surface area (TPSA) is 110 Å². The number of benzene rings is 1. The monoisotopic (exact) mass is 421 g/mol. The predicted molar refractivity (Wildman–Crippen MR) is 113 cm³/mol. The molecule has 0 aliphatic carbocycles. The molecule has 9 heteroatoms. The minimum absolute atomic E-state index is 0.0465. The second-order valence-electron chi connectivity index (χ2n) is 8.03. The summed E-state index contributed by atoms with van der Waals surface area (Å²) in [5.41, 5.74) is 3.29. The molecule has 1 aromatic carbocycles. The summed E-state index contributed by atoms with van der Waals surface area (Å²) in [6, 6.07) is 7.55. The van der Waals surface area contributed by atoms with Crippen molar-refractivity contribution in [2.24, 2.45) is 0 Å². The number of carbonyl (C=O) groups excluding carboxylic acids is 1. The van der Waals surface area contributed by atoms with E-state index in [1.54, 1.807) is 6.20 Å². The van der Waals surface area contributed by atoms with Gasteiger partial charge >= 0.3 is 5.97 Å². The van der Waals surface area contributed by atoms with E-state index in [9.17, 15) is 9.59 Å². The van der Waals surface area contributed by atoms with E-state index in [4.69, 9.17) is 14.8 Å². The Hall–Kier alpha value is -3.62. The number of hydrogen-bond donors (Lipinski definition) is 2. The van der Waals surface area contributed by atoms with Crippen molar-refractivity contribution < 1.29 is 19.4 Å². The van der Waals surface area contributed by atoms with Gasteiger partial charge in [-0.05, 0) is 36.8 Å². The maximum absolute atomic E-state index is 11.8. The number of aliphatic carboxylic acids is 1. The minimum Gasteiger partial charge on any atom is -0.490 e. The van der Waals surface area contributed by atoms with Crippen molar-refractivity contribution in [2.45, 2.75) is 39.0 Å². The Morgan fingerprint density at radius 1 is 1.29 bits per heavy atom. The highest BCUT2D eigenvalue weighted by Crippen LogP contribution is 2.28. The Morgan fingerprint density at radius 3 is 2.87 bits per heavy atom. The summed E-state index contributed by atoms with van der Waals surface area (Å²) in [7, 11) is 0. The number of nitrogens with one attached hydrogen (secondary N) is 1. The second kappa shape index (κ2) is 7.57. The number of anilines is 1. The second-order valence-corrected chi connectivity index (χ2v) is 8.03. The molecule has 1 fully saturated rings. The van der Waals surface area contributed by atoms with Crippen molar-refractivity contribution in [3.63, 3.8) is 0 Å². The summed E-state index contributed by atoms with van der Waals surface area (Å²) in [4.78, 5) is 29.8. The summed E-state index contributed by atoms with van der Waals surface area (Å²) in [5.74, 6) is 0.737. The van der Waals surface area contributed by atoms with Crippen LogP contribution in [0.25, 0.3) is 10.9 Å². The van der Waals surface area contributed by atoms with Crippen molar-refractivity contribution in [3.8, 4) is 5.75 Å². The molecule has 3 aromatic rings. The summed E-state index contributed by atoms with van der Waals surface area (Å²) in [6.07, 6.45) is 3.49. The Balaban J connectivity index is 1.24. The molecule has 0 atom stereocenters. The van der Waals surface area contributed by atoms with Gasteiger partial charge in [0.25, 0.3) is 5.91 Å². The molecule has 0 radical (unpaired) electrons. The highest BCUT2D eigenvalue weighted by Gasteiger charge is 2.26. The van der Waals surface area contributed by atoms with Crippen LogP contribution in [-0.4, -0.2) is 50.9 Å². The number of rotatable bonds is 5. The number of piperidine rings is 1. The number of fused-ring (bicyclic) bond motifs is 2. The molecular formula is C22H23N5O4. The normalized spacial score (nSPS) is 16.4. The molecule has 0 spiro atoms. The smallest absolute Gasteiger partial charge is 0.325 e. The van der Waals surface area contributed by atoms with Crippen molar-refractivity contribution in [3.05, 3.63) is 47.3 Å². The van der Waals surface area contributed by atoms with Crippen molar-refractivity contribution >= 4 is 28.6 Å². The van der Waals surface area contributed by atoms with E-state index in [0.29, 0.717) is 12.1 Å². The number of aromatic nitrogens is 3. The molecule has 1 amide bonds. The summed E-state index contributed by atoms with van der Waals surface area (Å²) in [6.45, 7) is 3.99. The molecule has 2 aliphatic heterocycles. The lowest BCUT2D eigenvalue weighted by Crippen LogP contribution is -2.39. The number of hydrogen-bond acceptors (Lipinski definition) is 6. The van der Waals surface area contributed by atoms with E-state index in [1.807, 2.05) is 31.2 Å². The van der Waals surface area contributed by atoms with E-state index in [1.165, 1.54) is 4.68 Å². The summed E-state index contributed by atoms with van der Waals surface area (Å²) < 4.78 is 7.67. The van der Waals surface area contributed by atoms with Crippen LogP contribution in [0.5, 0.6) is 5.75 Å². The SMILES string of the molecule is Cc1cc2c(nc1N1CCC(Oc3ccc4c(cnn4CC(=O)O)c3)CC1)CNC2=O. The average Bonchev–Trinajstić information content (AvgIpc) is 3.31. The molecule has 4 heterocycles. The lowest BCUT2D eigenvalue weighted by molar-refractivity contribution is -0.137. The molecular weight excluding hydrogens is 398 g/mol. The third-order valence-electron chi connectivity index (χ3n) is 5.87. The van der Waals surface area contributed by atoms with Gasteiger partial charge < -0.3 is 20.1 Å². The van der Waals surface area contributed by atoms with Crippen molar-refractivity contribution in [1.29, 1.82) is 0 Å². The van der Waals surface area contributed by atoms with E-state index in [2.05, 4.69) is 15.3 Å². The Kier molecular flexibility index (Phi) is 4.72. The van der Waals surface area contributed by atoms with Crippen LogP contribution >= 0.6 is 0 Å². The minimum atomic E-state index is -0.923. The quantitative estimate of drug-likeness (QED) is 0.649. The first kappa shape index (κ1) is 19.3.